The van der Waals surface area contributed by atoms with Crippen molar-refractivity contribution in [3.05, 3.63) is 41.5 Å². The lowest BCUT2D eigenvalue weighted by Crippen LogP contribution is -2.38. The highest BCUT2D eigenvalue weighted by Crippen LogP contribution is 2.05. The summed E-state index contributed by atoms with van der Waals surface area (Å²) in [5, 5.41) is 12.5. The number of aliphatic carboxylic acids is 1. The Labute approximate surface area is 129 Å². The summed E-state index contributed by atoms with van der Waals surface area (Å²) in [6, 6.07) is 7.37. The molecule has 2 rings (SSSR count). The van der Waals surface area contributed by atoms with Gasteiger partial charge in [0.15, 0.2) is 0 Å². The van der Waals surface area contributed by atoms with Crippen LogP contribution < -0.4 is 0 Å². The van der Waals surface area contributed by atoms with Gasteiger partial charge in [-0.2, -0.15) is 0 Å². The Hall–Kier alpha value is -2.18. The molecule has 1 aliphatic heterocycles. The monoisotopic (exact) mass is 304 g/mol. The molecule has 1 N–H and O–H groups in total. The van der Waals surface area contributed by atoms with Gasteiger partial charge in [-0.3, -0.25) is 4.90 Å². The molecule has 0 aromatic heterocycles. The molecule has 6 heteroatoms. The van der Waals surface area contributed by atoms with Crippen LogP contribution in [0.25, 0.3) is 6.08 Å². The van der Waals surface area contributed by atoms with Crippen LogP contribution in [0.3, 0.4) is 0 Å². The van der Waals surface area contributed by atoms with Gasteiger partial charge in [0.1, 0.15) is 6.61 Å². The summed E-state index contributed by atoms with van der Waals surface area (Å²) in [5.41, 5.74) is 1.73. The molecule has 0 saturated carbocycles. The van der Waals surface area contributed by atoms with E-state index in [2.05, 4.69) is 10.1 Å². The molecule has 0 unspecified atom stereocenters. The molecule has 6 nitrogen and oxygen atoms in total. The molecule has 0 atom stereocenters. The van der Waals surface area contributed by atoms with E-state index in [4.69, 9.17) is 14.7 Å². The van der Waals surface area contributed by atoms with Gasteiger partial charge >= 0.3 is 5.97 Å². The molecule has 0 radical (unpaired) electrons. The zero-order valence-corrected chi connectivity index (χ0v) is 12.4. The van der Waals surface area contributed by atoms with Crippen LogP contribution in [0.5, 0.6) is 0 Å². The lowest BCUT2D eigenvalue weighted by Gasteiger charge is -2.25. The van der Waals surface area contributed by atoms with Gasteiger partial charge in [-0.25, -0.2) is 4.79 Å². The minimum atomic E-state index is -0.959. The minimum absolute atomic E-state index is 0.552. The van der Waals surface area contributed by atoms with Gasteiger partial charge in [-0.05, 0) is 17.2 Å². The highest BCUT2D eigenvalue weighted by molar-refractivity contribution is 5.85. The number of benzene rings is 1. The maximum absolute atomic E-state index is 10.4. The minimum Gasteiger partial charge on any atom is -0.478 e. The highest BCUT2D eigenvalue weighted by Gasteiger charge is 2.09. The molecule has 1 heterocycles. The topological polar surface area (TPSA) is 71.4 Å². The van der Waals surface area contributed by atoms with Crippen molar-refractivity contribution in [2.75, 3.05) is 39.5 Å². The molecule has 1 fully saturated rings. The Morgan fingerprint density at radius 1 is 1.27 bits per heavy atom. The van der Waals surface area contributed by atoms with E-state index in [0.29, 0.717) is 6.61 Å². The Morgan fingerprint density at radius 3 is 2.64 bits per heavy atom. The van der Waals surface area contributed by atoms with Crippen molar-refractivity contribution in [3.63, 3.8) is 0 Å². The van der Waals surface area contributed by atoms with Crippen LogP contribution in [-0.2, 0) is 14.4 Å². The molecule has 0 bridgehead atoms. The van der Waals surface area contributed by atoms with Crippen LogP contribution in [0.15, 0.2) is 35.5 Å². The van der Waals surface area contributed by atoms with Crippen LogP contribution >= 0.6 is 0 Å². The second kappa shape index (κ2) is 8.96. The first kappa shape index (κ1) is 16.2. The highest BCUT2D eigenvalue weighted by atomic mass is 16.6. The van der Waals surface area contributed by atoms with E-state index >= 15 is 0 Å². The van der Waals surface area contributed by atoms with Crippen molar-refractivity contribution in [3.8, 4) is 0 Å². The van der Waals surface area contributed by atoms with E-state index in [-0.39, 0.29) is 0 Å². The molecule has 0 spiro atoms. The van der Waals surface area contributed by atoms with Gasteiger partial charge < -0.3 is 14.7 Å². The summed E-state index contributed by atoms with van der Waals surface area (Å²) in [6.45, 7) is 4.85. The summed E-state index contributed by atoms with van der Waals surface area (Å²) < 4.78 is 5.28. The Kier molecular flexibility index (Phi) is 6.60. The lowest BCUT2D eigenvalue weighted by molar-refractivity contribution is -0.131. The van der Waals surface area contributed by atoms with Crippen molar-refractivity contribution >= 4 is 18.3 Å². The zero-order valence-electron chi connectivity index (χ0n) is 12.4. The molecule has 118 valence electrons. The van der Waals surface area contributed by atoms with Gasteiger partial charge in [-0.15, -0.1) is 0 Å². The fourth-order valence-corrected chi connectivity index (χ4v) is 2.01. The zero-order chi connectivity index (χ0) is 15.6. The first-order chi connectivity index (χ1) is 10.7. The van der Waals surface area contributed by atoms with E-state index in [1.54, 1.807) is 12.3 Å². The number of carbonyl (C=O) groups is 1. The summed E-state index contributed by atoms with van der Waals surface area (Å²) in [4.78, 5) is 17.9. The fraction of sp³-hybridized carbons (Fsp3) is 0.375. The predicted octanol–water partition coefficient (Wildman–Crippen LogP) is 1.47. The van der Waals surface area contributed by atoms with Crippen LogP contribution in [-0.4, -0.2) is 61.6 Å². The van der Waals surface area contributed by atoms with Crippen LogP contribution in [0.1, 0.15) is 11.1 Å². The number of rotatable bonds is 7. The van der Waals surface area contributed by atoms with Crippen molar-refractivity contribution in [2.24, 2.45) is 5.16 Å². The quantitative estimate of drug-likeness (QED) is 0.357. The lowest BCUT2D eigenvalue weighted by atomic mass is 10.1. The van der Waals surface area contributed by atoms with E-state index in [1.807, 2.05) is 24.3 Å². The first-order valence-electron chi connectivity index (χ1n) is 7.20. The van der Waals surface area contributed by atoms with Gasteiger partial charge in [0.2, 0.25) is 0 Å². The molecule has 1 saturated heterocycles. The van der Waals surface area contributed by atoms with Crippen LogP contribution in [0.4, 0.5) is 0 Å². The maximum Gasteiger partial charge on any atom is 0.328 e. The third-order valence-electron chi connectivity index (χ3n) is 3.23. The third kappa shape index (κ3) is 6.07. The maximum atomic E-state index is 10.4. The number of hydrogen-bond donors (Lipinski definition) is 1. The largest absolute Gasteiger partial charge is 0.478 e. The Bertz CT molecular complexity index is 519. The number of nitrogens with zero attached hydrogens (tertiary/aromatic N) is 2. The molecule has 1 aliphatic rings. The van der Waals surface area contributed by atoms with Gasteiger partial charge in [0.25, 0.3) is 0 Å². The third-order valence-corrected chi connectivity index (χ3v) is 3.23. The average molecular weight is 304 g/mol. The predicted molar refractivity (Wildman–Crippen MR) is 83.9 cm³/mol. The summed E-state index contributed by atoms with van der Waals surface area (Å²) in [7, 11) is 0. The van der Waals surface area contributed by atoms with Gasteiger partial charge in [-0.1, -0.05) is 29.4 Å². The molecule has 22 heavy (non-hydrogen) atoms. The average Bonchev–Trinajstić information content (AvgIpc) is 2.54. The van der Waals surface area contributed by atoms with E-state index < -0.39 is 5.97 Å². The fourth-order valence-electron chi connectivity index (χ4n) is 2.01. The number of carboxylic acid groups (broad SMARTS) is 1. The second-order valence-electron chi connectivity index (χ2n) is 4.86. The second-order valence-corrected chi connectivity index (χ2v) is 4.86. The molecule has 0 aliphatic carbocycles. The summed E-state index contributed by atoms with van der Waals surface area (Å²) >= 11 is 0. The Balaban J connectivity index is 1.70. The first-order valence-corrected chi connectivity index (χ1v) is 7.20. The normalized spacial score (nSPS) is 16.4. The van der Waals surface area contributed by atoms with E-state index in [0.717, 1.165) is 50.1 Å². The SMILES string of the molecule is O=C(O)/C=C/c1ccc(C=NOCCN2CCOCC2)cc1. The van der Waals surface area contributed by atoms with Crippen LogP contribution in [0.2, 0.25) is 0 Å². The number of morpholine rings is 1. The standard InChI is InChI=1S/C16H20N2O4/c19-16(20)6-5-14-1-3-15(4-2-14)13-17-22-12-9-18-7-10-21-11-8-18/h1-6,13H,7-12H2,(H,19,20)/b6-5+,17-13?. The van der Waals surface area contributed by atoms with Crippen molar-refractivity contribution < 1.29 is 19.5 Å². The van der Waals surface area contributed by atoms with E-state index in [9.17, 15) is 4.79 Å². The molecular formula is C16H20N2O4. The summed E-state index contributed by atoms with van der Waals surface area (Å²) in [6.07, 6.45) is 4.30. The molecular weight excluding hydrogens is 284 g/mol. The molecule has 1 aromatic carbocycles. The van der Waals surface area contributed by atoms with Crippen molar-refractivity contribution in [1.29, 1.82) is 0 Å². The van der Waals surface area contributed by atoms with Gasteiger partial charge in [0, 0.05) is 25.7 Å². The van der Waals surface area contributed by atoms with E-state index in [1.165, 1.54) is 0 Å². The van der Waals surface area contributed by atoms with Gasteiger partial charge in [0.05, 0.1) is 19.4 Å². The summed E-state index contributed by atoms with van der Waals surface area (Å²) in [5.74, 6) is -0.959. The number of ether oxygens (including phenoxy) is 1. The number of carboxylic acids is 1. The number of oxime groups is 1. The molecule has 1 aromatic rings. The number of hydrogen-bond acceptors (Lipinski definition) is 5. The van der Waals surface area contributed by atoms with Crippen molar-refractivity contribution in [2.45, 2.75) is 0 Å². The molecule has 0 amide bonds. The van der Waals surface area contributed by atoms with Crippen molar-refractivity contribution in [1.82, 2.24) is 4.90 Å². The Morgan fingerprint density at radius 2 is 1.95 bits per heavy atom. The smallest absolute Gasteiger partial charge is 0.328 e. The van der Waals surface area contributed by atoms with Crippen LogP contribution in [0, 0.1) is 0 Å².